The van der Waals surface area contributed by atoms with Crippen LogP contribution in [-0.2, 0) is 10.0 Å². The molecule has 0 radical (unpaired) electrons. The van der Waals surface area contributed by atoms with Crippen LogP contribution >= 0.6 is 24.0 Å². The molecule has 0 saturated carbocycles. The third kappa shape index (κ3) is 9.98. The first-order chi connectivity index (χ1) is 11.0. The summed E-state index contributed by atoms with van der Waals surface area (Å²) in [5, 5.41) is 6.70. The van der Waals surface area contributed by atoms with E-state index in [9.17, 15) is 8.42 Å². The lowest BCUT2D eigenvalue weighted by Crippen LogP contribution is -2.44. The second kappa shape index (κ2) is 10.9. The quantitative estimate of drug-likeness (QED) is 0.329. The molecule has 150 valence electrons. The van der Waals surface area contributed by atoms with Gasteiger partial charge in [-0.1, -0.05) is 20.8 Å². The van der Waals surface area contributed by atoms with Crippen LogP contribution in [0.3, 0.4) is 0 Å². The molecule has 0 amide bonds. The molecule has 0 aromatic heterocycles. The standard InChI is InChI=1S/C17H36N4O2S.HI/c1-7-18-16(20-14(2)10-11-17(3,4)5)19-13-15-9-8-12-21(15)24(6,22)23;/h14-15H,7-13H2,1-6H3,(H2,18,19,20);1H/t14?,15-;/m1./s1. The van der Waals surface area contributed by atoms with Crippen molar-refractivity contribution < 1.29 is 8.42 Å². The lowest BCUT2D eigenvalue weighted by Gasteiger charge is -2.24. The van der Waals surface area contributed by atoms with Gasteiger partial charge in [0, 0.05) is 25.2 Å². The number of nitrogens with one attached hydrogen (secondary N) is 2. The molecule has 6 nitrogen and oxygen atoms in total. The number of halogens is 1. The number of hydrogen-bond acceptors (Lipinski definition) is 3. The first-order valence-corrected chi connectivity index (χ1v) is 10.9. The van der Waals surface area contributed by atoms with Gasteiger partial charge in [-0.15, -0.1) is 24.0 Å². The van der Waals surface area contributed by atoms with Gasteiger partial charge in [0.05, 0.1) is 12.8 Å². The Morgan fingerprint density at radius 1 is 1.36 bits per heavy atom. The van der Waals surface area contributed by atoms with Crippen LogP contribution in [0.25, 0.3) is 0 Å². The zero-order chi connectivity index (χ0) is 18.4. The van der Waals surface area contributed by atoms with Crippen molar-refractivity contribution in [3.8, 4) is 0 Å². The molecule has 0 aliphatic carbocycles. The van der Waals surface area contributed by atoms with E-state index >= 15 is 0 Å². The highest BCUT2D eigenvalue weighted by atomic mass is 127. The van der Waals surface area contributed by atoms with E-state index in [2.05, 4.69) is 43.3 Å². The van der Waals surface area contributed by atoms with Gasteiger partial charge in [0.25, 0.3) is 0 Å². The second-order valence-corrected chi connectivity index (χ2v) is 9.97. The molecule has 1 heterocycles. The van der Waals surface area contributed by atoms with Gasteiger partial charge in [-0.2, -0.15) is 4.31 Å². The van der Waals surface area contributed by atoms with Crippen LogP contribution in [-0.4, -0.2) is 56.7 Å². The SMILES string of the molecule is CCNC(=NC[C@H]1CCCN1S(C)(=O)=O)NC(C)CCC(C)(C)C.I. The van der Waals surface area contributed by atoms with Gasteiger partial charge in [0.15, 0.2) is 5.96 Å². The lowest BCUT2D eigenvalue weighted by molar-refractivity contribution is 0.346. The molecule has 1 saturated heterocycles. The number of sulfonamides is 1. The molecule has 1 unspecified atom stereocenters. The average Bonchev–Trinajstić information content (AvgIpc) is 2.90. The molecule has 25 heavy (non-hydrogen) atoms. The summed E-state index contributed by atoms with van der Waals surface area (Å²) >= 11 is 0. The Balaban J connectivity index is 0.00000576. The molecule has 1 rings (SSSR count). The Labute approximate surface area is 171 Å². The molecule has 0 aromatic rings. The summed E-state index contributed by atoms with van der Waals surface area (Å²) < 4.78 is 25.2. The van der Waals surface area contributed by atoms with Gasteiger partial charge in [0.1, 0.15) is 0 Å². The summed E-state index contributed by atoms with van der Waals surface area (Å²) in [4.78, 5) is 4.63. The fourth-order valence-electron chi connectivity index (χ4n) is 2.90. The number of guanidine groups is 1. The summed E-state index contributed by atoms with van der Waals surface area (Å²) in [6, 6.07) is 0.317. The minimum atomic E-state index is -3.14. The minimum absolute atomic E-state index is 0. The largest absolute Gasteiger partial charge is 0.357 e. The molecule has 1 aliphatic rings. The Morgan fingerprint density at radius 3 is 2.52 bits per heavy atom. The maximum atomic E-state index is 11.8. The van der Waals surface area contributed by atoms with E-state index in [1.807, 2.05) is 6.92 Å². The van der Waals surface area contributed by atoms with Gasteiger partial charge < -0.3 is 10.6 Å². The smallest absolute Gasteiger partial charge is 0.211 e. The van der Waals surface area contributed by atoms with Gasteiger partial charge in [-0.25, -0.2) is 8.42 Å². The molecule has 2 atom stereocenters. The summed E-state index contributed by atoms with van der Waals surface area (Å²) in [6.07, 6.45) is 5.31. The number of rotatable bonds is 7. The van der Waals surface area contributed by atoms with Crippen molar-refractivity contribution in [2.75, 3.05) is 25.9 Å². The number of nitrogens with zero attached hydrogens (tertiary/aromatic N) is 2. The maximum absolute atomic E-state index is 11.8. The molecule has 1 fully saturated rings. The third-order valence-electron chi connectivity index (χ3n) is 4.26. The van der Waals surface area contributed by atoms with Crippen LogP contribution in [0.2, 0.25) is 0 Å². The molecule has 0 aromatic carbocycles. The summed E-state index contributed by atoms with van der Waals surface area (Å²) in [6.45, 7) is 12.9. The molecule has 1 aliphatic heterocycles. The second-order valence-electron chi connectivity index (χ2n) is 8.03. The van der Waals surface area contributed by atoms with Crippen LogP contribution in [0.5, 0.6) is 0 Å². The van der Waals surface area contributed by atoms with Gasteiger partial charge >= 0.3 is 0 Å². The van der Waals surface area contributed by atoms with Gasteiger partial charge in [-0.3, -0.25) is 4.99 Å². The number of aliphatic imine (C=N–C) groups is 1. The highest BCUT2D eigenvalue weighted by Gasteiger charge is 2.31. The van der Waals surface area contributed by atoms with Gasteiger partial charge in [-0.05, 0) is 44.9 Å². The summed E-state index contributed by atoms with van der Waals surface area (Å²) in [5.74, 6) is 0.777. The first-order valence-electron chi connectivity index (χ1n) is 9.04. The molecule has 0 spiro atoms. The maximum Gasteiger partial charge on any atom is 0.211 e. The summed E-state index contributed by atoms with van der Waals surface area (Å²) in [5.41, 5.74) is 0.325. The van der Waals surface area contributed by atoms with E-state index in [-0.39, 0.29) is 30.0 Å². The molecule has 2 N–H and O–H groups in total. The Morgan fingerprint density at radius 2 is 2.00 bits per heavy atom. The van der Waals surface area contributed by atoms with Crippen molar-refractivity contribution in [3.05, 3.63) is 0 Å². The van der Waals surface area contributed by atoms with Crippen LogP contribution in [0, 0.1) is 5.41 Å². The van der Waals surface area contributed by atoms with Crippen molar-refractivity contribution >= 4 is 40.0 Å². The Hall–Kier alpha value is -0.0900. The topological polar surface area (TPSA) is 73.8 Å². The molecule has 0 bridgehead atoms. The monoisotopic (exact) mass is 488 g/mol. The zero-order valence-corrected chi connectivity index (χ0v) is 19.8. The fourth-order valence-corrected chi connectivity index (χ4v) is 4.07. The van der Waals surface area contributed by atoms with Crippen molar-refractivity contribution in [2.24, 2.45) is 10.4 Å². The highest BCUT2D eigenvalue weighted by Crippen LogP contribution is 2.22. The highest BCUT2D eigenvalue weighted by molar-refractivity contribution is 14.0. The lowest BCUT2D eigenvalue weighted by atomic mass is 9.89. The van der Waals surface area contributed by atoms with E-state index < -0.39 is 10.0 Å². The van der Waals surface area contributed by atoms with E-state index in [0.29, 0.717) is 24.5 Å². The van der Waals surface area contributed by atoms with Gasteiger partial charge in [0.2, 0.25) is 10.0 Å². The van der Waals surface area contributed by atoms with Crippen molar-refractivity contribution in [3.63, 3.8) is 0 Å². The van der Waals surface area contributed by atoms with E-state index in [4.69, 9.17) is 0 Å². The predicted octanol–water partition coefficient (Wildman–Crippen LogP) is 2.80. The normalized spacial score (nSPS) is 20.9. The van der Waals surface area contributed by atoms with Crippen molar-refractivity contribution in [1.29, 1.82) is 0 Å². The van der Waals surface area contributed by atoms with Crippen molar-refractivity contribution in [1.82, 2.24) is 14.9 Å². The molecule has 8 heteroatoms. The Bertz CT molecular complexity index is 517. The van der Waals surface area contributed by atoms with Crippen LogP contribution in [0.15, 0.2) is 4.99 Å². The number of hydrogen-bond donors (Lipinski definition) is 2. The van der Waals surface area contributed by atoms with E-state index in [1.54, 1.807) is 4.31 Å². The summed E-state index contributed by atoms with van der Waals surface area (Å²) in [7, 11) is -3.14. The molecular formula is C17H37IN4O2S. The zero-order valence-electron chi connectivity index (χ0n) is 16.6. The minimum Gasteiger partial charge on any atom is -0.357 e. The third-order valence-corrected chi connectivity index (χ3v) is 5.60. The fraction of sp³-hybridized carbons (Fsp3) is 0.941. The first kappa shape index (κ1) is 24.9. The van der Waals surface area contributed by atoms with Crippen LogP contribution < -0.4 is 10.6 Å². The van der Waals surface area contributed by atoms with E-state index in [0.717, 1.165) is 38.2 Å². The van der Waals surface area contributed by atoms with Crippen LogP contribution in [0.4, 0.5) is 0 Å². The Kier molecular flexibility index (Phi) is 10.9. The van der Waals surface area contributed by atoms with Crippen molar-refractivity contribution in [2.45, 2.75) is 72.4 Å². The van der Waals surface area contributed by atoms with E-state index in [1.165, 1.54) is 6.26 Å². The average molecular weight is 488 g/mol. The predicted molar refractivity (Wildman–Crippen MR) is 117 cm³/mol. The van der Waals surface area contributed by atoms with Crippen LogP contribution in [0.1, 0.15) is 60.3 Å². The molecular weight excluding hydrogens is 451 g/mol.